The highest BCUT2D eigenvalue weighted by Crippen LogP contribution is 2.25. The van der Waals surface area contributed by atoms with E-state index in [0.29, 0.717) is 40.2 Å². The SMILES string of the molecule is CCn1c(CC(=O)Nc2ccccc2OC)nnc1SCC(=O)Nc1ccc(C)c([N+](=O)[O-])c1. The van der Waals surface area contributed by atoms with E-state index in [2.05, 4.69) is 20.8 Å². The third-order valence-corrected chi connectivity index (χ3v) is 5.80. The van der Waals surface area contributed by atoms with Gasteiger partial charge in [0.1, 0.15) is 11.6 Å². The zero-order chi connectivity index (χ0) is 24.7. The molecule has 0 spiro atoms. The van der Waals surface area contributed by atoms with Gasteiger partial charge in [-0.2, -0.15) is 0 Å². The lowest BCUT2D eigenvalue weighted by atomic mass is 10.2. The molecule has 2 aromatic carbocycles. The number of para-hydroxylation sites is 2. The molecule has 0 aliphatic heterocycles. The molecule has 0 saturated carbocycles. The van der Waals surface area contributed by atoms with Crippen LogP contribution in [-0.4, -0.2) is 44.4 Å². The number of nitrogens with zero attached hydrogens (tertiary/aromatic N) is 4. The third kappa shape index (κ3) is 6.10. The van der Waals surface area contributed by atoms with Crippen molar-refractivity contribution in [2.75, 3.05) is 23.5 Å². The van der Waals surface area contributed by atoms with Gasteiger partial charge in [-0.15, -0.1) is 10.2 Å². The number of aryl methyl sites for hydroxylation is 1. The summed E-state index contributed by atoms with van der Waals surface area (Å²) in [6, 6.07) is 11.6. The fourth-order valence-electron chi connectivity index (χ4n) is 3.17. The van der Waals surface area contributed by atoms with Gasteiger partial charge in [0.05, 0.1) is 29.9 Å². The normalized spacial score (nSPS) is 10.6. The number of aromatic nitrogens is 3. The second-order valence-corrected chi connectivity index (χ2v) is 8.11. The fourth-order valence-corrected chi connectivity index (χ4v) is 3.99. The van der Waals surface area contributed by atoms with E-state index >= 15 is 0 Å². The predicted molar refractivity (Wildman–Crippen MR) is 128 cm³/mol. The van der Waals surface area contributed by atoms with Crippen molar-refractivity contribution < 1.29 is 19.2 Å². The Labute approximate surface area is 200 Å². The number of rotatable bonds is 10. The maximum absolute atomic E-state index is 12.5. The van der Waals surface area contributed by atoms with Gasteiger partial charge in [0.25, 0.3) is 5.69 Å². The van der Waals surface area contributed by atoms with Crippen LogP contribution in [0.2, 0.25) is 0 Å². The van der Waals surface area contributed by atoms with Crippen molar-refractivity contribution in [1.29, 1.82) is 0 Å². The average Bonchev–Trinajstić information content (AvgIpc) is 3.20. The molecule has 3 aromatic rings. The number of amides is 2. The summed E-state index contributed by atoms with van der Waals surface area (Å²) in [5.41, 5.74) is 1.34. The van der Waals surface area contributed by atoms with Gasteiger partial charge < -0.3 is 19.9 Å². The number of ether oxygens (including phenoxy) is 1. The molecule has 3 rings (SSSR count). The molecule has 0 bridgehead atoms. The van der Waals surface area contributed by atoms with Gasteiger partial charge >= 0.3 is 0 Å². The molecule has 1 heterocycles. The Balaban J connectivity index is 1.61. The second-order valence-electron chi connectivity index (χ2n) is 7.16. The minimum absolute atomic E-state index is 0.00131. The molecule has 0 saturated heterocycles. The monoisotopic (exact) mass is 484 g/mol. The van der Waals surface area contributed by atoms with Crippen molar-refractivity contribution >= 4 is 40.6 Å². The maximum Gasteiger partial charge on any atom is 0.274 e. The van der Waals surface area contributed by atoms with E-state index in [9.17, 15) is 19.7 Å². The van der Waals surface area contributed by atoms with Gasteiger partial charge in [0.2, 0.25) is 11.8 Å². The molecule has 12 heteroatoms. The molecule has 0 radical (unpaired) electrons. The predicted octanol–water partition coefficient (Wildman–Crippen LogP) is 3.44. The summed E-state index contributed by atoms with van der Waals surface area (Å²) in [5.74, 6) is 0.416. The number of nitrogens with one attached hydrogen (secondary N) is 2. The molecule has 11 nitrogen and oxygen atoms in total. The molecule has 2 amide bonds. The van der Waals surface area contributed by atoms with Crippen LogP contribution in [0.1, 0.15) is 18.3 Å². The minimum Gasteiger partial charge on any atom is -0.495 e. The Hall–Kier alpha value is -3.93. The van der Waals surface area contributed by atoms with E-state index < -0.39 is 4.92 Å². The van der Waals surface area contributed by atoms with Gasteiger partial charge in [0, 0.05) is 23.9 Å². The Morgan fingerprint density at radius 2 is 1.91 bits per heavy atom. The van der Waals surface area contributed by atoms with E-state index in [1.54, 1.807) is 41.8 Å². The molecule has 178 valence electrons. The van der Waals surface area contributed by atoms with E-state index in [1.165, 1.54) is 13.2 Å². The Bertz CT molecular complexity index is 1210. The topological polar surface area (TPSA) is 141 Å². The summed E-state index contributed by atoms with van der Waals surface area (Å²) < 4.78 is 7.00. The number of nitro groups is 1. The molecule has 0 aliphatic rings. The largest absolute Gasteiger partial charge is 0.495 e. The van der Waals surface area contributed by atoms with Gasteiger partial charge in [-0.05, 0) is 32.0 Å². The van der Waals surface area contributed by atoms with Crippen LogP contribution >= 0.6 is 11.8 Å². The first-order chi connectivity index (χ1) is 16.3. The molecule has 0 fully saturated rings. The zero-order valence-corrected chi connectivity index (χ0v) is 19.7. The van der Waals surface area contributed by atoms with E-state index in [1.807, 2.05) is 13.0 Å². The molecule has 1 aromatic heterocycles. The Morgan fingerprint density at radius 3 is 2.62 bits per heavy atom. The second kappa shape index (κ2) is 11.3. The number of nitro benzene ring substituents is 1. The lowest BCUT2D eigenvalue weighted by Gasteiger charge is -2.10. The number of hydrogen-bond acceptors (Lipinski definition) is 8. The molecule has 34 heavy (non-hydrogen) atoms. The summed E-state index contributed by atoms with van der Waals surface area (Å²) in [6.07, 6.45) is -0.00131. The quantitative estimate of drug-likeness (QED) is 0.253. The number of carbonyl (C=O) groups excluding carboxylic acids is 2. The fraction of sp³-hybridized carbons (Fsp3) is 0.273. The smallest absolute Gasteiger partial charge is 0.274 e. The van der Waals surface area contributed by atoms with Crippen LogP contribution in [0.15, 0.2) is 47.6 Å². The van der Waals surface area contributed by atoms with Crippen molar-refractivity contribution in [3.05, 3.63) is 64.0 Å². The lowest BCUT2D eigenvalue weighted by molar-refractivity contribution is -0.385. The Kier molecular flexibility index (Phi) is 8.19. The summed E-state index contributed by atoms with van der Waals surface area (Å²) in [6.45, 7) is 4.03. The van der Waals surface area contributed by atoms with Crippen LogP contribution in [0.5, 0.6) is 5.75 Å². The highest BCUT2D eigenvalue weighted by molar-refractivity contribution is 7.99. The standard InChI is InChI=1S/C22H24N6O5S/c1-4-27-19(12-20(29)24-16-7-5-6-8-18(16)33-3)25-26-22(27)34-13-21(30)23-15-10-9-14(2)17(11-15)28(31)32/h5-11H,4,12-13H2,1-3H3,(H,23,30)(H,24,29). The molecule has 0 atom stereocenters. The Morgan fingerprint density at radius 1 is 1.15 bits per heavy atom. The van der Waals surface area contributed by atoms with Crippen molar-refractivity contribution in [3.8, 4) is 5.75 Å². The summed E-state index contributed by atoms with van der Waals surface area (Å²) in [4.78, 5) is 35.5. The van der Waals surface area contributed by atoms with Crippen LogP contribution in [0.4, 0.5) is 17.1 Å². The van der Waals surface area contributed by atoms with Crippen LogP contribution in [0.25, 0.3) is 0 Å². The molecule has 0 aliphatic carbocycles. The summed E-state index contributed by atoms with van der Waals surface area (Å²) in [5, 5.41) is 25.3. The van der Waals surface area contributed by atoms with Gasteiger partial charge in [-0.1, -0.05) is 30.0 Å². The number of carbonyl (C=O) groups is 2. The zero-order valence-electron chi connectivity index (χ0n) is 18.9. The van der Waals surface area contributed by atoms with Crippen molar-refractivity contribution in [2.45, 2.75) is 32.0 Å². The molecular formula is C22H24N6O5S. The minimum atomic E-state index is -0.491. The number of hydrogen-bond donors (Lipinski definition) is 2. The van der Waals surface area contributed by atoms with E-state index in [0.717, 1.165) is 11.8 Å². The number of methoxy groups -OCH3 is 1. The first kappa shape index (κ1) is 24.7. The molecule has 0 unspecified atom stereocenters. The highest BCUT2D eigenvalue weighted by Gasteiger charge is 2.17. The summed E-state index contributed by atoms with van der Waals surface area (Å²) in [7, 11) is 1.53. The summed E-state index contributed by atoms with van der Waals surface area (Å²) >= 11 is 1.16. The highest BCUT2D eigenvalue weighted by atomic mass is 32.2. The van der Waals surface area contributed by atoms with E-state index in [4.69, 9.17) is 4.74 Å². The van der Waals surface area contributed by atoms with E-state index in [-0.39, 0.29) is 29.7 Å². The first-order valence-corrected chi connectivity index (χ1v) is 11.3. The van der Waals surface area contributed by atoms with Crippen LogP contribution < -0.4 is 15.4 Å². The average molecular weight is 485 g/mol. The molecular weight excluding hydrogens is 460 g/mol. The van der Waals surface area contributed by atoms with Gasteiger partial charge in [-0.25, -0.2) is 0 Å². The van der Waals surface area contributed by atoms with Crippen molar-refractivity contribution in [1.82, 2.24) is 14.8 Å². The van der Waals surface area contributed by atoms with Crippen LogP contribution in [0, 0.1) is 17.0 Å². The van der Waals surface area contributed by atoms with Crippen molar-refractivity contribution in [3.63, 3.8) is 0 Å². The van der Waals surface area contributed by atoms with Crippen LogP contribution in [-0.2, 0) is 22.6 Å². The van der Waals surface area contributed by atoms with Crippen molar-refractivity contribution in [2.24, 2.45) is 0 Å². The number of thioether (sulfide) groups is 1. The molecule has 2 N–H and O–H groups in total. The van der Waals surface area contributed by atoms with Crippen LogP contribution in [0.3, 0.4) is 0 Å². The van der Waals surface area contributed by atoms with Gasteiger partial charge in [-0.3, -0.25) is 19.7 Å². The third-order valence-electron chi connectivity index (χ3n) is 4.83. The lowest BCUT2D eigenvalue weighted by Crippen LogP contribution is -2.18. The number of benzene rings is 2. The maximum atomic E-state index is 12.5. The first-order valence-electron chi connectivity index (χ1n) is 10.3. The van der Waals surface area contributed by atoms with Gasteiger partial charge in [0.15, 0.2) is 5.16 Å². The number of anilines is 2.